The summed E-state index contributed by atoms with van der Waals surface area (Å²) in [6.45, 7) is 0. The fourth-order valence-electron chi connectivity index (χ4n) is 2.61. The Hall–Kier alpha value is -1.76. The first-order valence-corrected chi connectivity index (χ1v) is 8.53. The monoisotopic (exact) mass is 364 g/mol. The van der Waals surface area contributed by atoms with E-state index in [1.165, 1.54) is 11.5 Å². The molecule has 1 amide bonds. The first-order valence-electron chi connectivity index (χ1n) is 6.94. The number of carbonyl (C=O) groups excluding carboxylic acids is 1. The molecule has 1 saturated carbocycles. The fourth-order valence-corrected chi connectivity index (χ4v) is 3.71. The molecule has 3 heterocycles. The Kier molecular flexibility index (Phi) is 3.67. The van der Waals surface area contributed by atoms with Gasteiger partial charge in [0.1, 0.15) is 16.1 Å². The summed E-state index contributed by atoms with van der Waals surface area (Å²) in [5, 5.41) is 6.93. The van der Waals surface area contributed by atoms with E-state index in [9.17, 15) is 4.79 Å². The van der Waals surface area contributed by atoms with E-state index in [0.29, 0.717) is 21.5 Å². The Morgan fingerprint density at radius 3 is 2.96 bits per heavy atom. The molecule has 1 aliphatic carbocycles. The quantitative estimate of drug-likeness (QED) is 0.709. The standard InChI is InChI=1S/C15H10Cl2N4OS/c16-12-1-7-2-13(18-5-11(7)14(17)20-12)21-15(22)10-3-9(10)8-4-19-23-6-8/h1-2,4-6,9-10H,3H2,(H,18,21,22)/t9-,10+/m0/s1. The summed E-state index contributed by atoms with van der Waals surface area (Å²) < 4.78 is 4.08. The number of pyridine rings is 2. The smallest absolute Gasteiger partial charge is 0.229 e. The van der Waals surface area contributed by atoms with E-state index in [1.54, 1.807) is 18.3 Å². The van der Waals surface area contributed by atoms with Crippen molar-refractivity contribution in [3.63, 3.8) is 0 Å². The number of nitrogens with zero attached hydrogens (tertiary/aromatic N) is 3. The van der Waals surface area contributed by atoms with Crippen LogP contribution >= 0.6 is 34.7 Å². The fraction of sp³-hybridized carbons (Fsp3) is 0.200. The first kappa shape index (κ1) is 14.8. The highest BCUT2D eigenvalue weighted by Gasteiger charge is 2.44. The summed E-state index contributed by atoms with van der Waals surface area (Å²) in [6, 6.07) is 3.44. The SMILES string of the molecule is O=C(Nc1cc2cc(Cl)nc(Cl)c2cn1)[C@@H]1C[C@H]1c1cnsc1. The Morgan fingerprint density at radius 1 is 1.30 bits per heavy atom. The van der Waals surface area contributed by atoms with Crippen molar-refractivity contribution in [1.82, 2.24) is 14.3 Å². The van der Waals surface area contributed by atoms with Crippen molar-refractivity contribution in [2.45, 2.75) is 12.3 Å². The normalized spacial score (nSPS) is 19.7. The van der Waals surface area contributed by atoms with Gasteiger partial charge in [-0.1, -0.05) is 23.2 Å². The molecule has 0 radical (unpaired) electrons. The number of hydrogen-bond donors (Lipinski definition) is 1. The third-order valence-electron chi connectivity index (χ3n) is 3.90. The predicted octanol–water partition coefficient (Wildman–Crippen LogP) is 4.14. The molecular formula is C15H10Cl2N4OS. The molecule has 116 valence electrons. The van der Waals surface area contributed by atoms with Gasteiger partial charge >= 0.3 is 0 Å². The first-order chi connectivity index (χ1) is 11.1. The molecule has 5 nitrogen and oxygen atoms in total. The lowest BCUT2D eigenvalue weighted by molar-refractivity contribution is -0.117. The highest BCUT2D eigenvalue weighted by molar-refractivity contribution is 7.03. The van der Waals surface area contributed by atoms with Gasteiger partial charge < -0.3 is 5.32 Å². The van der Waals surface area contributed by atoms with Gasteiger partial charge in [-0.05, 0) is 47.0 Å². The summed E-state index contributed by atoms with van der Waals surface area (Å²) in [5.74, 6) is 0.699. The van der Waals surface area contributed by atoms with Gasteiger partial charge in [0.05, 0.1) is 0 Å². The molecule has 0 unspecified atom stereocenters. The van der Waals surface area contributed by atoms with E-state index in [-0.39, 0.29) is 17.7 Å². The molecule has 23 heavy (non-hydrogen) atoms. The van der Waals surface area contributed by atoms with Crippen LogP contribution in [0.2, 0.25) is 10.3 Å². The number of hydrogen-bond acceptors (Lipinski definition) is 5. The zero-order valence-corrected chi connectivity index (χ0v) is 14.0. The number of carbonyl (C=O) groups is 1. The van der Waals surface area contributed by atoms with E-state index in [0.717, 1.165) is 17.4 Å². The molecule has 3 aromatic rings. The highest BCUT2D eigenvalue weighted by Crippen LogP contribution is 2.48. The summed E-state index contributed by atoms with van der Waals surface area (Å²) in [7, 11) is 0. The average Bonchev–Trinajstić information content (AvgIpc) is 3.13. The van der Waals surface area contributed by atoms with Gasteiger partial charge in [-0.25, -0.2) is 14.3 Å². The van der Waals surface area contributed by atoms with Gasteiger partial charge in [0.25, 0.3) is 0 Å². The Balaban J connectivity index is 1.53. The van der Waals surface area contributed by atoms with Crippen LogP contribution in [0.1, 0.15) is 17.9 Å². The van der Waals surface area contributed by atoms with Crippen molar-refractivity contribution in [2.24, 2.45) is 5.92 Å². The Bertz CT molecular complexity index is 900. The van der Waals surface area contributed by atoms with Crippen molar-refractivity contribution in [3.05, 3.63) is 45.8 Å². The lowest BCUT2D eigenvalue weighted by atomic mass is 10.2. The van der Waals surface area contributed by atoms with Gasteiger partial charge in [-0.2, -0.15) is 0 Å². The van der Waals surface area contributed by atoms with Gasteiger partial charge in [0, 0.05) is 29.1 Å². The van der Waals surface area contributed by atoms with E-state index >= 15 is 0 Å². The van der Waals surface area contributed by atoms with Gasteiger partial charge in [-0.3, -0.25) is 4.79 Å². The molecule has 0 bridgehead atoms. The third kappa shape index (κ3) is 2.89. The second kappa shape index (κ2) is 5.70. The second-order valence-electron chi connectivity index (χ2n) is 5.42. The lowest BCUT2D eigenvalue weighted by Gasteiger charge is -2.06. The summed E-state index contributed by atoms with van der Waals surface area (Å²) in [4.78, 5) is 20.5. The zero-order chi connectivity index (χ0) is 16.0. The Labute approximate surface area is 145 Å². The molecule has 1 N–H and O–H groups in total. The van der Waals surface area contributed by atoms with Crippen molar-refractivity contribution < 1.29 is 4.79 Å². The van der Waals surface area contributed by atoms with Crippen LogP contribution in [0.5, 0.6) is 0 Å². The van der Waals surface area contributed by atoms with E-state index in [1.807, 2.05) is 11.6 Å². The molecule has 0 aromatic carbocycles. The number of fused-ring (bicyclic) bond motifs is 1. The second-order valence-corrected chi connectivity index (χ2v) is 6.82. The molecule has 3 aromatic heterocycles. The van der Waals surface area contributed by atoms with Crippen LogP contribution in [-0.4, -0.2) is 20.2 Å². The Morgan fingerprint density at radius 2 is 2.17 bits per heavy atom. The number of halogens is 2. The van der Waals surface area contributed by atoms with E-state index in [4.69, 9.17) is 23.2 Å². The van der Waals surface area contributed by atoms with Crippen LogP contribution in [0.15, 0.2) is 29.9 Å². The molecule has 4 rings (SSSR count). The van der Waals surface area contributed by atoms with Crippen LogP contribution in [0, 0.1) is 5.92 Å². The van der Waals surface area contributed by atoms with E-state index in [2.05, 4.69) is 19.7 Å². The van der Waals surface area contributed by atoms with Crippen molar-refractivity contribution in [2.75, 3.05) is 5.32 Å². The van der Waals surface area contributed by atoms with Crippen LogP contribution in [0.3, 0.4) is 0 Å². The van der Waals surface area contributed by atoms with Crippen LogP contribution in [0.4, 0.5) is 5.82 Å². The molecule has 0 spiro atoms. The largest absolute Gasteiger partial charge is 0.310 e. The van der Waals surface area contributed by atoms with Crippen molar-refractivity contribution in [3.8, 4) is 0 Å². The topological polar surface area (TPSA) is 67.8 Å². The number of nitrogens with one attached hydrogen (secondary N) is 1. The lowest BCUT2D eigenvalue weighted by Crippen LogP contribution is -2.15. The molecule has 1 fully saturated rings. The number of rotatable bonds is 3. The molecule has 8 heteroatoms. The highest BCUT2D eigenvalue weighted by atomic mass is 35.5. The summed E-state index contributed by atoms with van der Waals surface area (Å²) in [5.41, 5.74) is 1.13. The third-order valence-corrected chi connectivity index (χ3v) is 4.98. The maximum Gasteiger partial charge on any atom is 0.229 e. The predicted molar refractivity (Wildman–Crippen MR) is 91.1 cm³/mol. The minimum atomic E-state index is -0.0284. The minimum absolute atomic E-state index is 0.0199. The van der Waals surface area contributed by atoms with E-state index < -0.39 is 0 Å². The van der Waals surface area contributed by atoms with Crippen LogP contribution < -0.4 is 5.32 Å². The zero-order valence-electron chi connectivity index (χ0n) is 11.7. The van der Waals surface area contributed by atoms with Crippen LogP contribution in [0.25, 0.3) is 10.8 Å². The number of anilines is 1. The van der Waals surface area contributed by atoms with Gasteiger partial charge in [0.15, 0.2) is 0 Å². The van der Waals surface area contributed by atoms with Gasteiger partial charge in [0.2, 0.25) is 5.91 Å². The number of aromatic nitrogens is 3. The molecule has 0 aliphatic heterocycles. The summed E-state index contributed by atoms with van der Waals surface area (Å²) in [6.07, 6.45) is 4.26. The minimum Gasteiger partial charge on any atom is -0.310 e. The molecule has 2 atom stereocenters. The molecule has 1 aliphatic rings. The average molecular weight is 365 g/mol. The van der Waals surface area contributed by atoms with Crippen molar-refractivity contribution in [1.29, 1.82) is 0 Å². The van der Waals surface area contributed by atoms with Crippen LogP contribution in [-0.2, 0) is 4.79 Å². The molecular weight excluding hydrogens is 355 g/mol. The maximum atomic E-state index is 12.3. The summed E-state index contributed by atoms with van der Waals surface area (Å²) >= 11 is 13.3. The molecule has 0 saturated heterocycles. The number of amides is 1. The maximum absolute atomic E-state index is 12.3. The van der Waals surface area contributed by atoms with Crippen molar-refractivity contribution >= 4 is 57.2 Å². The van der Waals surface area contributed by atoms with Gasteiger partial charge in [-0.15, -0.1) is 0 Å².